The summed E-state index contributed by atoms with van der Waals surface area (Å²) in [7, 11) is 0. The van der Waals surface area contributed by atoms with Crippen LogP contribution in [0.2, 0.25) is 0 Å². The molecule has 0 aliphatic carbocycles. The van der Waals surface area contributed by atoms with Crippen molar-refractivity contribution in [2.45, 2.75) is 12.8 Å². The lowest BCUT2D eigenvalue weighted by Gasteiger charge is -2.14. The number of carbonyl (C=O) groups is 6. The maximum absolute atomic E-state index is 12.1. The summed E-state index contributed by atoms with van der Waals surface area (Å²) in [6, 6.07) is 6.03. The minimum atomic E-state index is -1.41. The van der Waals surface area contributed by atoms with E-state index in [0.29, 0.717) is 4.90 Å². The summed E-state index contributed by atoms with van der Waals surface area (Å²) in [4.78, 5) is 70.4. The fourth-order valence-corrected chi connectivity index (χ4v) is 2.49. The van der Waals surface area contributed by atoms with Crippen LogP contribution in [0, 0.1) is 5.92 Å². The van der Waals surface area contributed by atoms with E-state index < -0.39 is 60.8 Å². The van der Waals surface area contributed by atoms with Crippen molar-refractivity contribution in [3.8, 4) is 0 Å². The zero-order valence-corrected chi connectivity index (χ0v) is 13.4. The number of carboxylic acids is 1. The zero-order valence-electron chi connectivity index (χ0n) is 13.4. The number of nitrogens with two attached hydrogens (primary N) is 1. The number of carbonyl (C=O) groups excluding carboxylic acids is 5. The van der Waals surface area contributed by atoms with E-state index in [-0.39, 0.29) is 11.1 Å². The number of aliphatic carboxylic acids is 1. The monoisotopic (exact) mass is 361 g/mol. The molecular weight excluding hydrogens is 346 g/mol. The average Bonchev–Trinajstić information content (AvgIpc) is 2.79. The van der Waals surface area contributed by atoms with Crippen molar-refractivity contribution >= 4 is 35.5 Å². The van der Waals surface area contributed by atoms with Crippen LogP contribution >= 0.6 is 0 Å². The molecule has 0 radical (unpaired) electrons. The summed E-state index contributed by atoms with van der Waals surface area (Å²) in [5, 5.41) is 10.8. The number of primary amides is 1. The lowest BCUT2D eigenvalue weighted by Crippen LogP contribution is -2.43. The Bertz CT molecular complexity index is 783. The van der Waals surface area contributed by atoms with Crippen LogP contribution in [-0.4, -0.2) is 52.1 Å². The average molecular weight is 361 g/mol. The third-order valence-corrected chi connectivity index (χ3v) is 3.69. The van der Waals surface area contributed by atoms with Gasteiger partial charge in [-0.25, -0.2) is 0 Å². The number of fused-ring (bicyclic) bond motifs is 1. The molecule has 10 nitrogen and oxygen atoms in total. The van der Waals surface area contributed by atoms with Gasteiger partial charge in [0.1, 0.15) is 6.54 Å². The Hall–Kier alpha value is -3.56. The van der Waals surface area contributed by atoms with Gasteiger partial charge in [0.2, 0.25) is 17.7 Å². The van der Waals surface area contributed by atoms with Crippen molar-refractivity contribution in [2.24, 2.45) is 11.7 Å². The van der Waals surface area contributed by atoms with Crippen LogP contribution in [0.5, 0.6) is 0 Å². The van der Waals surface area contributed by atoms with Crippen molar-refractivity contribution in [1.82, 2.24) is 10.2 Å². The molecule has 1 aromatic carbocycles. The molecule has 26 heavy (non-hydrogen) atoms. The second-order valence-electron chi connectivity index (χ2n) is 5.62. The van der Waals surface area contributed by atoms with E-state index in [0.717, 1.165) is 0 Å². The van der Waals surface area contributed by atoms with Gasteiger partial charge in [0.15, 0.2) is 0 Å². The largest absolute Gasteiger partial charge is 0.481 e. The molecular formula is C16H15N3O7. The molecule has 0 aromatic heterocycles. The van der Waals surface area contributed by atoms with Crippen molar-refractivity contribution in [1.29, 1.82) is 0 Å². The number of nitrogens with one attached hydrogen (secondary N) is 1. The maximum Gasteiger partial charge on any atom is 0.307 e. The number of nitrogens with zero attached hydrogens (tertiary/aromatic N) is 1. The first-order valence-corrected chi connectivity index (χ1v) is 7.49. The Balaban J connectivity index is 1.96. The summed E-state index contributed by atoms with van der Waals surface area (Å²) in [6.07, 6.45) is -1.21. The molecule has 0 saturated carbocycles. The summed E-state index contributed by atoms with van der Waals surface area (Å²) < 4.78 is 0. The summed E-state index contributed by atoms with van der Waals surface area (Å²) in [5.41, 5.74) is 5.22. The number of benzene rings is 1. The molecule has 0 bridgehead atoms. The lowest BCUT2D eigenvalue weighted by atomic mass is 10.0. The predicted molar refractivity (Wildman–Crippen MR) is 84.5 cm³/mol. The van der Waals surface area contributed by atoms with E-state index in [1.807, 2.05) is 5.32 Å². The van der Waals surface area contributed by atoms with Gasteiger partial charge in [-0.05, 0) is 12.1 Å². The third-order valence-electron chi connectivity index (χ3n) is 3.69. The van der Waals surface area contributed by atoms with Crippen molar-refractivity contribution < 1.29 is 33.9 Å². The van der Waals surface area contributed by atoms with E-state index >= 15 is 0 Å². The van der Waals surface area contributed by atoms with Crippen LogP contribution in [0.3, 0.4) is 0 Å². The molecule has 136 valence electrons. The topological polar surface area (TPSA) is 164 Å². The molecule has 10 heteroatoms. The van der Waals surface area contributed by atoms with Gasteiger partial charge in [0.05, 0.1) is 17.0 Å². The Morgan fingerprint density at radius 3 is 2.00 bits per heavy atom. The van der Waals surface area contributed by atoms with Gasteiger partial charge in [0, 0.05) is 12.8 Å². The highest BCUT2D eigenvalue weighted by molar-refractivity contribution is 6.22. The van der Waals surface area contributed by atoms with Crippen LogP contribution in [-0.2, 0) is 19.2 Å². The van der Waals surface area contributed by atoms with Gasteiger partial charge in [-0.3, -0.25) is 39.0 Å². The Morgan fingerprint density at radius 1 is 1.00 bits per heavy atom. The Labute approximate surface area is 146 Å². The van der Waals surface area contributed by atoms with Gasteiger partial charge in [0.25, 0.3) is 11.8 Å². The standard InChI is InChI=1S/C16H15N3O7/c17-11(20)5-8(16(25)26)6-12(21)18-13(22)7-19-14(23)9-3-1-2-4-10(9)15(19)24/h1-4,8H,5-7H2,(H2,17,20)(H,25,26)(H,18,21,22)/t8-/m1/s1. The summed E-state index contributed by atoms with van der Waals surface area (Å²) in [6.45, 7) is -0.689. The number of carboxylic acid groups (broad SMARTS) is 1. The second-order valence-corrected chi connectivity index (χ2v) is 5.62. The zero-order chi connectivity index (χ0) is 19.4. The smallest absolute Gasteiger partial charge is 0.307 e. The Morgan fingerprint density at radius 2 is 1.54 bits per heavy atom. The van der Waals surface area contributed by atoms with Crippen molar-refractivity contribution in [2.75, 3.05) is 6.54 Å². The first-order valence-electron chi connectivity index (χ1n) is 7.49. The maximum atomic E-state index is 12.1. The quantitative estimate of drug-likeness (QED) is 0.518. The molecule has 1 heterocycles. The van der Waals surface area contributed by atoms with E-state index in [9.17, 15) is 28.8 Å². The molecule has 1 atom stereocenters. The SMILES string of the molecule is NC(=O)C[C@H](CC(=O)NC(=O)CN1C(=O)c2ccccc2C1=O)C(=O)O. The summed E-state index contributed by atoms with van der Waals surface area (Å²) in [5.74, 6) is -6.92. The van der Waals surface area contributed by atoms with Crippen LogP contribution in [0.25, 0.3) is 0 Å². The molecule has 1 aromatic rings. The van der Waals surface area contributed by atoms with Crippen LogP contribution in [0.4, 0.5) is 0 Å². The highest BCUT2D eigenvalue weighted by Crippen LogP contribution is 2.21. The molecule has 1 aliphatic heterocycles. The van der Waals surface area contributed by atoms with Crippen LogP contribution < -0.4 is 11.1 Å². The van der Waals surface area contributed by atoms with Crippen LogP contribution in [0.15, 0.2) is 24.3 Å². The first-order chi connectivity index (χ1) is 12.2. The van der Waals surface area contributed by atoms with E-state index in [1.54, 1.807) is 12.1 Å². The number of imide groups is 2. The normalized spacial score (nSPS) is 13.9. The number of rotatable bonds is 7. The Kier molecular flexibility index (Phi) is 5.45. The molecule has 2 rings (SSSR count). The van der Waals surface area contributed by atoms with Crippen molar-refractivity contribution in [3.63, 3.8) is 0 Å². The molecule has 0 saturated heterocycles. The van der Waals surface area contributed by atoms with Gasteiger partial charge in [-0.2, -0.15) is 0 Å². The molecule has 1 aliphatic rings. The molecule has 0 spiro atoms. The molecule has 0 unspecified atom stereocenters. The number of hydrogen-bond donors (Lipinski definition) is 3. The van der Waals surface area contributed by atoms with E-state index in [1.165, 1.54) is 12.1 Å². The number of hydrogen-bond acceptors (Lipinski definition) is 6. The van der Waals surface area contributed by atoms with E-state index in [2.05, 4.69) is 0 Å². The van der Waals surface area contributed by atoms with Gasteiger partial charge < -0.3 is 10.8 Å². The fourth-order valence-electron chi connectivity index (χ4n) is 2.49. The fraction of sp³-hybridized carbons (Fsp3) is 0.250. The van der Waals surface area contributed by atoms with Crippen LogP contribution in [0.1, 0.15) is 33.6 Å². The van der Waals surface area contributed by atoms with Gasteiger partial charge in [-0.15, -0.1) is 0 Å². The minimum Gasteiger partial charge on any atom is -0.481 e. The predicted octanol–water partition coefficient (Wildman–Crippen LogP) is -1.11. The highest BCUT2D eigenvalue weighted by Gasteiger charge is 2.36. The molecule has 4 N–H and O–H groups in total. The second kappa shape index (κ2) is 7.55. The van der Waals surface area contributed by atoms with E-state index in [4.69, 9.17) is 10.8 Å². The van der Waals surface area contributed by atoms with Gasteiger partial charge >= 0.3 is 5.97 Å². The lowest BCUT2D eigenvalue weighted by molar-refractivity contribution is -0.146. The number of amides is 5. The molecule has 5 amide bonds. The van der Waals surface area contributed by atoms with Gasteiger partial charge in [-0.1, -0.05) is 12.1 Å². The molecule has 0 fully saturated rings. The third kappa shape index (κ3) is 4.09. The minimum absolute atomic E-state index is 0.157. The highest BCUT2D eigenvalue weighted by atomic mass is 16.4. The summed E-state index contributed by atoms with van der Waals surface area (Å²) >= 11 is 0. The van der Waals surface area contributed by atoms with Crippen molar-refractivity contribution in [3.05, 3.63) is 35.4 Å². The first kappa shape index (κ1) is 18.8.